The van der Waals surface area contributed by atoms with Gasteiger partial charge in [0.2, 0.25) is 0 Å². The van der Waals surface area contributed by atoms with Crippen LogP contribution in [0.5, 0.6) is 0 Å². The van der Waals surface area contributed by atoms with Crippen molar-refractivity contribution in [2.75, 3.05) is 19.6 Å². The first-order valence-corrected chi connectivity index (χ1v) is 8.72. The van der Waals surface area contributed by atoms with Gasteiger partial charge in [-0.25, -0.2) is 4.98 Å². The van der Waals surface area contributed by atoms with Crippen molar-refractivity contribution in [1.29, 1.82) is 0 Å². The Morgan fingerprint density at radius 1 is 1.18 bits per heavy atom. The molecule has 4 nitrogen and oxygen atoms in total. The normalized spacial score (nSPS) is 22.4. The molecule has 1 N–H and O–H groups in total. The van der Waals surface area contributed by atoms with Gasteiger partial charge in [0, 0.05) is 44.1 Å². The fraction of sp³-hybridized carbons (Fsp3) is 0.588. The summed E-state index contributed by atoms with van der Waals surface area (Å²) >= 11 is 6.07. The highest BCUT2D eigenvalue weighted by Crippen LogP contribution is 2.35. The maximum Gasteiger partial charge on any atom is 0.137 e. The molecular weight excluding hydrogens is 296 g/mol. The summed E-state index contributed by atoms with van der Waals surface area (Å²) in [6.45, 7) is 4.28. The van der Waals surface area contributed by atoms with E-state index in [1.807, 2.05) is 22.7 Å². The second-order valence-corrected chi connectivity index (χ2v) is 7.16. The summed E-state index contributed by atoms with van der Waals surface area (Å²) in [6, 6.07) is 3.89. The number of hydrogen-bond acceptors (Lipinski definition) is 3. The summed E-state index contributed by atoms with van der Waals surface area (Å²) in [5.41, 5.74) is 2.48. The van der Waals surface area contributed by atoms with E-state index in [2.05, 4.69) is 16.4 Å². The predicted octanol–water partition coefficient (Wildman–Crippen LogP) is 3.10. The number of imidazole rings is 1. The van der Waals surface area contributed by atoms with E-state index in [1.54, 1.807) is 0 Å². The summed E-state index contributed by atoms with van der Waals surface area (Å²) in [7, 11) is 0. The van der Waals surface area contributed by atoms with E-state index in [0.717, 1.165) is 42.5 Å². The van der Waals surface area contributed by atoms with Crippen LogP contribution >= 0.6 is 11.6 Å². The fourth-order valence-electron chi connectivity index (χ4n) is 4.12. The monoisotopic (exact) mass is 318 g/mol. The summed E-state index contributed by atoms with van der Waals surface area (Å²) < 4.78 is 2.04. The fourth-order valence-corrected chi connectivity index (χ4v) is 4.29. The predicted molar refractivity (Wildman–Crippen MR) is 89.3 cm³/mol. The Labute approximate surface area is 136 Å². The molecule has 1 aliphatic heterocycles. The molecule has 22 heavy (non-hydrogen) atoms. The average molecular weight is 319 g/mol. The Morgan fingerprint density at radius 3 is 2.91 bits per heavy atom. The molecule has 2 aromatic rings. The highest BCUT2D eigenvalue weighted by molar-refractivity contribution is 6.30. The van der Waals surface area contributed by atoms with Crippen LogP contribution in [0, 0.1) is 0 Å². The van der Waals surface area contributed by atoms with Gasteiger partial charge in [-0.05, 0) is 25.0 Å². The van der Waals surface area contributed by atoms with Crippen molar-refractivity contribution in [3.63, 3.8) is 0 Å². The summed E-state index contributed by atoms with van der Waals surface area (Å²) in [5, 5.41) is 4.36. The van der Waals surface area contributed by atoms with Gasteiger partial charge >= 0.3 is 0 Å². The van der Waals surface area contributed by atoms with Gasteiger partial charge in [0.1, 0.15) is 5.65 Å². The number of fused-ring (bicyclic) bond motifs is 1. The van der Waals surface area contributed by atoms with Crippen LogP contribution in [0.1, 0.15) is 37.8 Å². The van der Waals surface area contributed by atoms with Crippen molar-refractivity contribution in [2.24, 2.45) is 0 Å². The summed E-state index contributed by atoms with van der Waals surface area (Å²) in [5.74, 6) is 0. The first kappa shape index (κ1) is 14.5. The molecule has 0 aromatic carbocycles. The van der Waals surface area contributed by atoms with Crippen molar-refractivity contribution in [3.05, 3.63) is 35.2 Å². The van der Waals surface area contributed by atoms with Crippen LogP contribution in [0.3, 0.4) is 0 Å². The Kier molecular flexibility index (Phi) is 3.84. The van der Waals surface area contributed by atoms with E-state index in [0.29, 0.717) is 5.54 Å². The molecule has 3 heterocycles. The van der Waals surface area contributed by atoms with Crippen LogP contribution in [0.2, 0.25) is 5.02 Å². The number of aromatic nitrogens is 2. The quantitative estimate of drug-likeness (QED) is 0.923. The van der Waals surface area contributed by atoms with Crippen molar-refractivity contribution < 1.29 is 0 Å². The van der Waals surface area contributed by atoms with E-state index < -0.39 is 0 Å². The van der Waals surface area contributed by atoms with Crippen LogP contribution in [0.25, 0.3) is 5.65 Å². The molecule has 1 saturated heterocycles. The molecule has 4 rings (SSSR count). The molecule has 2 aromatic heterocycles. The number of nitrogens with one attached hydrogen (secondary N) is 1. The standard InChI is InChI=1S/C17H23ClN4/c18-14-4-5-16-20-15(11-21(16)10-14)12-22-9-8-19-13-17(22)6-2-1-3-7-17/h4-5,10-11,19H,1-3,6-9,12-13H2. The molecule has 0 amide bonds. The minimum absolute atomic E-state index is 0.351. The summed E-state index contributed by atoms with van der Waals surface area (Å²) in [4.78, 5) is 7.44. The second-order valence-electron chi connectivity index (χ2n) is 6.73. The lowest BCUT2D eigenvalue weighted by Gasteiger charge is -2.49. The molecular formula is C17H23ClN4. The van der Waals surface area contributed by atoms with E-state index in [-0.39, 0.29) is 0 Å². The zero-order valence-electron chi connectivity index (χ0n) is 12.9. The molecule has 1 saturated carbocycles. The van der Waals surface area contributed by atoms with Gasteiger partial charge in [0.05, 0.1) is 10.7 Å². The third-order valence-electron chi connectivity index (χ3n) is 5.29. The first-order chi connectivity index (χ1) is 10.8. The number of piperazine rings is 1. The van der Waals surface area contributed by atoms with Crippen LogP contribution in [-0.4, -0.2) is 39.5 Å². The number of nitrogens with zero attached hydrogens (tertiary/aromatic N) is 3. The van der Waals surface area contributed by atoms with Gasteiger partial charge in [0.25, 0.3) is 0 Å². The van der Waals surface area contributed by atoms with E-state index in [9.17, 15) is 0 Å². The lowest BCUT2D eigenvalue weighted by atomic mass is 9.79. The Hall–Kier alpha value is -1.10. The van der Waals surface area contributed by atoms with E-state index in [1.165, 1.54) is 32.1 Å². The molecule has 0 atom stereocenters. The second kappa shape index (κ2) is 5.84. The Morgan fingerprint density at radius 2 is 2.05 bits per heavy atom. The van der Waals surface area contributed by atoms with Crippen LogP contribution < -0.4 is 5.32 Å². The average Bonchev–Trinajstić information content (AvgIpc) is 2.92. The Bertz CT molecular complexity index is 651. The zero-order chi connectivity index (χ0) is 15.0. The first-order valence-electron chi connectivity index (χ1n) is 8.34. The smallest absolute Gasteiger partial charge is 0.137 e. The lowest BCUT2D eigenvalue weighted by molar-refractivity contribution is 0.0200. The van der Waals surface area contributed by atoms with E-state index in [4.69, 9.17) is 16.6 Å². The minimum Gasteiger partial charge on any atom is -0.314 e. The molecule has 1 spiro atoms. The highest BCUT2D eigenvalue weighted by Gasteiger charge is 2.39. The summed E-state index contributed by atoms with van der Waals surface area (Å²) in [6.07, 6.45) is 10.8. The molecule has 0 unspecified atom stereocenters. The van der Waals surface area contributed by atoms with Gasteiger partial charge in [-0.3, -0.25) is 4.90 Å². The largest absolute Gasteiger partial charge is 0.314 e. The molecule has 1 aliphatic carbocycles. The van der Waals surface area contributed by atoms with Gasteiger partial charge in [0.15, 0.2) is 0 Å². The van der Waals surface area contributed by atoms with Crippen molar-refractivity contribution >= 4 is 17.2 Å². The third-order valence-corrected chi connectivity index (χ3v) is 5.51. The molecule has 0 radical (unpaired) electrons. The molecule has 2 aliphatic rings. The molecule has 2 fully saturated rings. The third kappa shape index (κ3) is 2.64. The van der Waals surface area contributed by atoms with Crippen LogP contribution in [0.4, 0.5) is 0 Å². The van der Waals surface area contributed by atoms with Crippen molar-refractivity contribution in [2.45, 2.75) is 44.2 Å². The van der Waals surface area contributed by atoms with Crippen LogP contribution in [-0.2, 0) is 6.54 Å². The number of halogens is 1. The van der Waals surface area contributed by atoms with Crippen molar-refractivity contribution in [1.82, 2.24) is 19.6 Å². The van der Waals surface area contributed by atoms with Gasteiger partial charge in [-0.1, -0.05) is 30.9 Å². The SMILES string of the molecule is Clc1ccc2nc(CN3CCNCC34CCCCC4)cn2c1. The molecule has 118 valence electrons. The van der Waals surface area contributed by atoms with E-state index >= 15 is 0 Å². The van der Waals surface area contributed by atoms with Crippen molar-refractivity contribution in [3.8, 4) is 0 Å². The van der Waals surface area contributed by atoms with Gasteiger partial charge in [-0.15, -0.1) is 0 Å². The van der Waals surface area contributed by atoms with Crippen LogP contribution in [0.15, 0.2) is 24.5 Å². The highest BCUT2D eigenvalue weighted by atomic mass is 35.5. The number of hydrogen-bond donors (Lipinski definition) is 1. The topological polar surface area (TPSA) is 32.6 Å². The Balaban J connectivity index is 1.59. The van der Waals surface area contributed by atoms with Gasteiger partial charge < -0.3 is 9.72 Å². The van der Waals surface area contributed by atoms with Gasteiger partial charge in [-0.2, -0.15) is 0 Å². The number of rotatable bonds is 2. The lowest BCUT2D eigenvalue weighted by Crippen LogP contribution is -2.61. The zero-order valence-corrected chi connectivity index (χ0v) is 13.6. The minimum atomic E-state index is 0.351. The molecule has 5 heteroatoms. The maximum absolute atomic E-state index is 6.07. The maximum atomic E-state index is 6.07. The molecule has 0 bridgehead atoms. The number of pyridine rings is 1.